The van der Waals surface area contributed by atoms with Gasteiger partial charge in [0.25, 0.3) is 0 Å². The second-order valence-corrected chi connectivity index (χ2v) is 4.44. The van der Waals surface area contributed by atoms with Gasteiger partial charge in [0.1, 0.15) is 0 Å². The van der Waals surface area contributed by atoms with Crippen LogP contribution in [0.5, 0.6) is 0 Å². The molecule has 4 nitrogen and oxygen atoms in total. The standard InChI is InChI=1S/C12H22N4S/c1-4-6-7-13-12(17)14-8-11-9-15-16(5-2)10(11)3/h9H,4-8H2,1-3H3,(H2,13,14,17). The quantitative estimate of drug-likeness (QED) is 0.602. The Labute approximate surface area is 109 Å². The summed E-state index contributed by atoms with van der Waals surface area (Å²) in [6.07, 6.45) is 4.23. The highest BCUT2D eigenvalue weighted by Gasteiger charge is 2.05. The van der Waals surface area contributed by atoms with Crippen LogP contribution in [0.15, 0.2) is 6.20 Å². The second-order valence-electron chi connectivity index (χ2n) is 4.03. The van der Waals surface area contributed by atoms with Gasteiger partial charge >= 0.3 is 0 Å². The molecule has 17 heavy (non-hydrogen) atoms. The largest absolute Gasteiger partial charge is 0.363 e. The highest BCUT2D eigenvalue weighted by molar-refractivity contribution is 7.80. The van der Waals surface area contributed by atoms with Crippen molar-refractivity contribution in [2.75, 3.05) is 6.54 Å². The predicted octanol–water partition coefficient (Wildman–Crippen LogP) is 1.98. The van der Waals surface area contributed by atoms with Gasteiger partial charge in [0, 0.05) is 30.9 Å². The van der Waals surface area contributed by atoms with E-state index in [2.05, 4.69) is 36.5 Å². The second kappa shape index (κ2) is 7.27. The zero-order chi connectivity index (χ0) is 12.7. The first-order chi connectivity index (χ1) is 8.19. The van der Waals surface area contributed by atoms with Crippen LogP contribution in [0.3, 0.4) is 0 Å². The van der Waals surface area contributed by atoms with E-state index in [9.17, 15) is 0 Å². The van der Waals surface area contributed by atoms with Crippen LogP contribution in [-0.4, -0.2) is 21.4 Å². The number of nitrogens with one attached hydrogen (secondary N) is 2. The lowest BCUT2D eigenvalue weighted by molar-refractivity contribution is 0.637. The van der Waals surface area contributed by atoms with Crippen molar-refractivity contribution in [1.29, 1.82) is 0 Å². The molecule has 96 valence electrons. The first-order valence-corrected chi connectivity index (χ1v) is 6.62. The summed E-state index contributed by atoms with van der Waals surface area (Å²) < 4.78 is 1.99. The molecule has 0 bridgehead atoms. The topological polar surface area (TPSA) is 41.9 Å². The van der Waals surface area contributed by atoms with E-state index in [-0.39, 0.29) is 0 Å². The summed E-state index contributed by atoms with van der Waals surface area (Å²) in [6, 6.07) is 0. The number of unbranched alkanes of at least 4 members (excludes halogenated alkanes) is 1. The monoisotopic (exact) mass is 254 g/mol. The van der Waals surface area contributed by atoms with E-state index in [4.69, 9.17) is 12.2 Å². The van der Waals surface area contributed by atoms with Gasteiger partial charge in [-0.1, -0.05) is 13.3 Å². The number of thiocarbonyl (C=S) groups is 1. The zero-order valence-corrected chi connectivity index (χ0v) is 11.7. The summed E-state index contributed by atoms with van der Waals surface area (Å²) in [4.78, 5) is 0. The summed E-state index contributed by atoms with van der Waals surface area (Å²) in [5, 5.41) is 11.4. The summed E-state index contributed by atoms with van der Waals surface area (Å²) in [6.45, 7) is 8.93. The lowest BCUT2D eigenvalue weighted by atomic mass is 10.2. The SMILES string of the molecule is CCCCNC(=S)NCc1cnn(CC)c1C. The molecule has 0 amide bonds. The minimum absolute atomic E-state index is 0.724. The lowest BCUT2D eigenvalue weighted by Crippen LogP contribution is -2.35. The Morgan fingerprint density at radius 3 is 2.76 bits per heavy atom. The first-order valence-electron chi connectivity index (χ1n) is 6.22. The first kappa shape index (κ1) is 14.0. The Hall–Kier alpha value is -1.10. The number of nitrogens with zero attached hydrogens (tertiary/aromatic N) is 2. The summed E-state index contributed by atoms with van der Waals surface area (Å²) >= 11 is 5.20. The van der Waals surface area contributed by atoms with E-state index >= 15 is 0 Å². The molecule has 0 radical (unpaired) electrons. The average Bonchev–Trinajstić information content (AvgIpc) is 2.68. The van der Waals surface area contributed by atoms with Crippen molar-refractivity contribution in [3.8, 4) is 0 Å². The molecule has 1 rings (SSSR count). The van der Waals surface area contributed by atoms with Gasteiger partial charge in [-0.05, 0) is 32.5 Å². The molecule has 0 aliphatic rings. The van der Waals surface area contributed by atoms with Gasteiger partial charge in [0.2, 0.25) is 0 Å². The molecule has 0 aliphatic heterocycles. The van der Waals surface area contributed by atoms with E-state index in [1.165, 1.54) is 17.7 Å². The molecular formula is C12H22N4S. The molecule has 0 aromatic carbocycles. The Balaban J connectivity index is 2.34. The van der Waals surface area contributed by atoms with Crippen LogP contribution in [0.4, 0.5) is 0 Å². The van der Waals surface area contributed by atoms with Crippen molar-refractivity contribution in [3.63, 3.8) is 0 Å². The Kier molecular flexibility index (Phi) is 5.97. The van der Waals surface area contributed by atoms with Crippen LogP contribution in [0, 0.1) is 6.92 Å². The molecule has 0 aliphatic carbocycles. The van der Waals surface area contributed by atoms with Crippen molar-refractivity contribution < 1.29 is 0 Å². The molecule has 0 fully saturated rings. The van der Waals surface area contributed by atoms with Crippen molar-refractivity contribution in [3.05, 3.63) is 17.5 Å². The summed E-state index contributed by atoms with van der Waals surface area (Å²) in [5.41, 5.74) is 2.41. The van der Waals surface area contributed by atoms with Crippen LogP contribution in [0.2, 0.25) is 0 Å². The third-order valence-electron chi connectivity index (χ3n) is 2.76. The van der Waals surface area contributed by atoms with Crippen molar-refractivity contribution in [2.24, 2.45) is 0 Å². The smallest absolute Gasteiger partial charge is 0.166 e. The van der Waals surface area contributed by atoms with Gasteiger partial charge in [-0.15, -0.1) is 0 Å². The number of rotatable bonds is 6. The fourth-order valence-electron chi connectivity index (χ4n) is 1.59. The van der Waals surface area contributed by atoms with Gasteiger partial charge in [0.05, 0.1) is 6.20 Å². The maximum Gasteiger partial charge on any atom is 0.166 e. The highest BCUT2D eigenvalue weighted by Crippen LogP contribution is 2.06. The van der Waals surface area contributed by atoms with Crippen LogP contribution in [-0.2, 0) is 13.1 Å². The highest BCUT2D eigenvalue weighted by atomic mass is 32.1. The Bertz CT molecular complexity index is 359. The molecule has 1 aromatic heterocycles. The molecule has 0 saturated heterocycles. The van der Waals surface area contributed by atoms with Gasteiger partial charge in [-0.25, -0.2) is 0 Å². The van der Waals surface area contributed by atoms with E-state index < -0.39 is 0 Å². The molecule has 5 heteroatoms. The Morgan fingerprint density at radius 1 is 1.41 bits per heavy atom. The molecular weight excluding hydrogens is 232 g/mol. The minimum atomic E-state index is 0.724. The fourth-order valence-corrected chi connectivity index (χ4v) is 1.77. The maximum atomic E-state index is 5.20. The number of aromatic nitrogens is 2. The molecule has 0 spiro atoms. The van der Waals surface area contributed by atoms with Gasteiger partial charge in [-0.3, -0.25) is 4.68 Å². The third-order valence-corrected chi connectivity index (χ3v) is 3.05. The van der Waals surface area contributed by atoms with E-state index in [0.717, 1.165) is 31.2 Å². The average molecular weight is 254 g/mol. The van der Waals surface area contributed by atoms with Crippen LogP contribution >= 0.6 is 12.2 Å². The normalized spacial score (nSPS) is 10.3. The van der Waals surface area contributed by atoms with Crippen molar-refractivity contribution >= 4 is 17.3 Å². The Morgan fingerprint density at radius 2 is 2.18 bits per heavy atom. The van der Waals surface area contributed by atoms with Gasteiger partial charge < -0.3 is 10.6 Å². The minimum Gasteiger partial charge on any atom is -0.363 e. The summed E-state index contributed by atoms with van der Waals surface area (Å²) in [7, 11) is 0. The molecule has 2 N–H and O–H groups in total. The van der Waals surface area contributed by atoms with Crippen LogP contribution in [0.1, 0.15) is 37.9 Å². The number of hydrogen-bond donors (Lipinski definition) is 2. The molecule has 1 heterocycles. The fraction of sp³-hybridized carbons (Fsp3) is 0.667. The summed E-state index contributed by atoms with van der Waals surface area (Å²) in [5.74, 6) is 0. The molecule has 0 saturated carbocycles. The number of hydrogen-bond acceptors (Lipinski definition) is 2. The van der Waals surface area contributed by atoms with Crippen molar-refractivity contribution in [2.45, 2.75) is 46.7 Å². The predicted molar refractivity (Wildman–Crippen MR) is 75.0 cm³/mol. The third kappa shape index (κ3) is 4.34. The maximum absolute atomic E-state index is 5.20. The van der Waals surface area contributed by atoms with Gasteiger partial charge in [0.15, 0.2) is 5.11 Å². The molecule has 1 aromatic rings. The lowest BCUT2D eigenvalue weighted by Gasteiger charge is -2.09. The number of aryl methyl sites for hydroxylation is 1. The van der Waals surface area contributed by atoms with Crippen molar-refractivity contribution in [1.82, 2.24) is 20.4 Å². The van der Waals surface area contributed by atoms with Crippen LogP contribution < -0.4 is 10.6 Å². The van der Waals surface area contributed by atoms with Crippen LogP contribution in [0.25, 0.3) is 0 Å². The molecule has 0 atom stereocenters. The zero-order valence-electron chi connectivity index (χ0n) is 10.9. The van der Waals surface area contributed by atoms with Gasteiger partial charge in [-0.2, -0.15) is 5.10 Å². The van der Waals surface area contributed by atoms with E-state index in [1.54, 1.807) is 0 Å². The molecule has 0 unspecified atom stereocenters. The van der Waals surface area contributed by atoms with E-state index in [1.807, 2.05) is 10.9 Å². The van der Waals surface area contributed by atoms with E-state index in [0.29, 0.717) is 0 Å².